The summed E-state index contributed by atoms with van der Waals surface area (Å²) < 4.78 is 44.0. The van der Waals surface area contributed by atoms with E-state index in [1.807, 2.05) is 0 Å². The van der Waals surface area contributed by atoms with Crippen molar-refractivity contribution in [2.75, 3.05) is 19.6 Å². The summed E-state index contributed by atoms with van der Waals surface area (Å²) in [5.41, 5.74) is -0.621. The second kappa shape index (κ2) is 7.97. The lowest BCUT2D eigenvalue weighted by Gasteiger charge is -2.22. The highest BCUT2D eigenvalue weighted by Gasteiger charge is 2.40. The second-order valence-electron chi connectivity index (χ2n) is 7.15. The van der Waals surface area contributed by atoms with Gasteiger partial charge in [0.15, 0.2) is 0 Å². The van der Waals surface area contributed by atoms with Crippen molar-refractivity contribution in [1.29, 1.82) is 0 Å². The predicted molar refractivity (Wildman–Crippen MR) is 90.0 cm³/mol. The van der Waals surface area contributed by atoms with Crippen LogP contribution >= 0.6 is 0 Å². The molecule has 1 N–H and O–H groups in total. The summed E-state index contributed by atoms with van der Waals surface area (Å²) in [7, 11) is 0. The Labute approximate surface area is 154 Å². The number of ether oxygens (including phenoxy) is 1. The molecule has 2 heterocycles. The van der Waals surface area contributed by atoms with E-state index < -0.39 is 23.8 Å². The molecule has 1 aromatic heterocycles. The molecule has 11 heteroatoms. The zero-order valence-electron chi connectivity index (χ0n) is 15.3. The molecule has 0 spiro atoms. The molecule has 1 aromatic rings. The number of hydrogen-bond acceptors (Lipinski definition) is 4. The Morgan fingerprint density at radius 2 is 2.04 bits per heavy atom. The number of amides is 2. The molecule has 2 rings (SSSR count). The van der Waals surface area contributed by atoms with Gasteiger partial charge in [0.1, 0.15) is 5.60 Å². The van der Waals surface area contributed by atoms with Gasteiger partial charge in [-0.1, -0.05) is 0 Å². The quantitative estimate of drug-likeness (QED) is 0.618. The van der Waals surface area contributed by atoms with E-state index in [-0.39, 0.29) is 11.9 Å². The molecular weight excluding hydrogens is 367 g/mol. The SMILES string of the molecule is CC(C)(C)OC(=O)NCC1CCN(/C(=N/C(=O)C(F)(F)F)n2cccn2)C1. The first-order valence-electron chi connectivity index (χ1n) is 8.37. The number of hydrogen-bond donors (Lipinski definition) is 1. The van der Waals surface area contributed by atoms with E-state index in [2.05, 4.69) is 15.4 Å². The van der Waals surface area contributed by atoms with Crippen LogP contribution in [0.15, 0.2) is 23.5 Å². The minimum Gasteiger partial charge on any atom is -0.444 e. The van der Waals surface area contributed by atoms with E-state index in [4.69, 9.17) is 4.74 Å². The molecule has 0 aromatic carbocycles. The smallest absolute Gasteiger partial charge is 0.444 e. The Balaban J connectivity index is 2.02. The van der Waals surface area contributed by atoms with Gasteiger partial charge in [-0.05, 0) is 39.2 Å². The number of nitrogens with zero attached hydrogens (tertiary/aromatic N) is 4. The van der Waals surface area contributed by atoms with Crippen LogP contribution < -0.4 is 5.32 Å². The molecule has 1 atom stereocenters. The maximum atomic E-state index is 12.6. The van der Waals surface area contributed by atoms with Gasteiger partial charge in [0, 0.05) is 32.0 Å². The summed E-state index contributed by atoms with van der Waals surface area (Å²) in [5.74, 6) is -2.41. The molecule has 1 fully saturated rings. The van der Waals surface area contributed by atoms with Crippen molar-refractivity contribution < 1.29 is 27.5 Å². The van der Waals surface area contributed by atoms with Crippen LogP contribution in [0.1, 0.15) is 27.2 Å². The Morgan fingerprint density at radius 3 is 2.59 bits per heavy atom. The molecule has 0 radical (unpaired) electrons. The lowest BCUT2D eigenvalue weighted by atomic mass is 10.1. The van der Waals surface area contributed by atoms with Crippen molar-refractivity contribution in [3.8, 4) is 0 Å². The molecule has 1 saturated heterocycles. The number of carbonyl (C=O) groups excluding carboxylic acids is 2. The van der Waals surface area contributed by atoms with Crippen LogP contribution in [-0.2, 0) is 9.53 Å². The highest BCUT2D eigenvalue weighted by Crippen LogP contribution is 2.20. The number of likely N-dealkylation sites (tertiary alicyclic amines) is 1. The van der Waals surface area contributed by atoms with Crippen molar-refractivity contribution in [2.24, 2.45) is 10.9 Å². The molecule has 1 aliphatic rings. The number of nitrogens with one attached hydrogen (secondary N) is 1. The number of rotatable bonds is 2. The van der Waals surface area contributed by atoms with Gasteiger partial charge in [0.2, 0.25) is 5.96 Å². The first-order valence-corrected chi connectivity index (χ1v) is 8.37. The van der Waals surface area contributed by atoms with E-state index in [0.29, 0.717) is 26.1 Å². The lowest BCUT2D eigenvalue weighted by molar-refractivity contribution is -0.169. The summed E-state index contributed by atoms with van der Waals surface area (Å²) in [6.07, 6.45) is -2.22. The van der Waals surface area contributed by atoms with E-state index in [1.165, 1.54) is 23.4 Å². The summed E-state index contributed by atoms with van der Waals surface area (Å²) in [6.45, 7) is 6.23. The van der Waals surface area contributed by atoms with Gasteiger partial charge in [-0.25, -0.2) is 9.48 Å². The molecule has 0 saturated carbocycles. The summed E-state index contributed by atoms with van der Waals surface area (Å²) >= 11 is 0. The van der Waals surface area contributed by atoms with Crippen LogP contribution in [0.2, 0.25) is 0 Å². The van der Waals surface area contributed by atoms with Gasteiger partial charge in [-0.15, -0.1) is 0 Å². The highest BCUT2D eigenvalue weighted by molar-refractivity contribution is 5.96. The second-order valence-corrected chi connectivity index (χ2v) is 7.15. The first-order chi connectivity index (χ1) is 12.5. The number of alkyl halides is 3. The van der Waals surface area contributed by atoms with Crippen molar-refractivity contribution in [3.05, 3.63) is 18.5 Å². The average molecular weight is 389 g/mol. The number of alkyl carbamates (subject to hydrolysis) is 1. The van der Waals surface area contributed by atoms with E-state index in [0.717, 1.165) is 4.68 Å². The fraction of sp³-hybridized carbons (Fsp3) is 0.625. The maximum absolute atomic E-state index is 12.6. The number of aromatic nitrogens is 2. The van der Waals surface area contributed by atoms with Crippen LogP contribution in [-0.4, -0.2) is 64.1 Å². The van der Waals surface area contributed by atoms with Crippen molar-refractivity contribution in [2.45, 2.75) is 39.0 Å². The Hall–Kier alpha value is -2.59. The minimum absolute atomic E-state index is 0.0285. The average Bonchev–Trinajstić information content (AvgIpc) is 3.19. The van der Waals surface area contributed by atoms with Gasteiger partial charge in [0.05, 0.1) is 0 Å². The van der Waals surface area contributed by atoms with E-state index in [1.54, 1.807) is 20.8 Å². The van der Waals surface area contributed by atoms with Crippen molar-refractivity contribution >= 4 is 18.0 Å². The molecule has 1 aliphatic heterocycles. The Kier molecular flexibility index (Phi) is 6.11. The largest absolute Gasteiger partial charge is 0.473 e. The predicted octanol–water partition coefficient (Wildman–Crippen LogP) is 2.02. The topological polar surface area (TPSA) is 88.8 Å². The zero-order chi connectivity index (χ0) is 20.2. The van der Waals surface area contributed by atoms with Crippen molar-refractivity contribution in [1.82, 2.24) is 20.0 Å². The minimum atomic E-state index is -5.06. The molecular formula is C16H22F3N5O3. The van der Waals surface area contributed by atoms with Crippen molar-refractivity contribution in [3.63, 3.8) is 0 Å². The van der Waals surface area contributed by atoms with Crippen LogP contribution in [0.4, 0.5) is 18.0 Å². The monoisotopic (exact) mass is 389 g/mol. The fourth-order valence-corrected chi connectivity index (χ4v) is 2.53. The summed E-state index contributed by atoms with van der Waals surface area (Å²) in [5, 5.41) is 6.51. The van der Waals surface area contributed by atoms with Gasteiger partial charge in [-0.3, -0.25) is 4.79 Å². The van der Waals surface area contributed by atoms with Crippen LogP contribution in [0.3, 0.4) is 0 Å². The van der Waals surface area contributed by atoms with Crippen LogP contribution in [0.5, 0.6) is 0 Å². The van der Waals surface area contributed by atoms with E-state index in [9.17, 15) is 22.8 Å². The Morgan fingerprint density at radius 1 is 1.33 bits per heavy atom. The third-order valence-electron chi connectivity index (χ3n) is 3.66. The zero-order valence-corrected chi connectivity index (χ0v) is 15.3. The summed E-state index contributed by atoms with van der Waals surface area (Å²) in [6, 6.07) is 1.52. The van der Waals surface area contributed by atoms with Gasteiger partial charge in [0.25, 0.3) is 0 Å². The maximum Gasteiger partial charge on any atom is 0.473 e. The molecule has 2 amide bonds. The number of halogens is 3. The third kappa shape index (κ3) is 6.26. The first kappa shape index (κ1) is 20.7. The molecule has 27 heavy (non-hydrogen) atoms. The van der Waals surface area contributed by atoms with E-state index >= 15 is 0 Å². The van der Waals surface area contributed by atoms with Gasteiger partial charge < -0.3 is 15.0 Å². The molecule has 0 aliphatic carbocycles. The van der Waals surface area contributed by atoms with Gasteiger partial charge >= 0.3 is 18.2 Å². The molecule has 1 unspecified atom stereocenters. The summed E-state index contributed by atoms with van der Waals surface area (Å²) in [4.78, 5) is 27.8. The lowest BCUT2D eigenvalue weighted by Crippen LogP contribution is -2.39. The Bertz CT molecular complexity index is 695. The highest BCUT2D eigenvalue weighted by atomic mass is 19.4. The van der Waals surface area contributed by atoms with Crippen LogP contribution in [0, 0.1) is 5.92 Å². The molecule has 8 nitrogen and oxygen atoms in total. The van der Waals surface area contributed by atoms with Gasteiger partial charge in [-0.2, -0.15) is 23.3 Å². The molecule has 150 valence electrons. The standard InChI is InChI=1S/C16H22F3N5O3/c1-15(2,3)27-14(26)20-9-11-5-8-23(10-11)13(24-7-4-6-21-24)22-12(25)16(17,18)19/h4,6-7,11H,5,8-10H2,1-3H3,(H,20,26)/b22-13-. The molecule has 0 bridgehead atoms. The number of aliphatic imine (C=N–C) groups is 1. The normalized spacial score (nSPS) is 18.5. The van der Waals surface area contributed by atoms with Crippen LogP contribution in [0.25, 0.3) is 0 Å². The number of carbonyl (C=O) groups is 2. The third-order valence-corrected chi connectivity index (χ3v) is 3.66. The fourth-order valence-electron chi connectivity index (χ4n) is 2.53.